The number of nitrogens with zero attached hydrogens (tertiary/aromatic N) is 1. The molecule has 1 rings (SSSR count). The zero-order chi connectivity index (χ0) is 11.7. The first-order valence-corrected chi connectivity index (χ1v) is 5.40. The van der Waals surface area contributed by atoms with Crippen molar-refractivity contribution in [2.75, 3.05) is 0 Å². The summed E-state index contributed by atoms with van der Waals surface area (Å²) in [4.78, 5) is 0. The lowest BCUT2D eigenvalue weighted by molar-refractivity contribution is 0.000452. The molecule has 4 heteroatoms. The van der Waals surface area contributed by atoms with Crippen LogP contribution in [-0.2, 0) is 4.65 Å². The van der Waals surface area contributed by atoms with E-state index in [4.69, 9.17) is 4.65 Å². The van der Waals surface area contributed by atoms with Gasteiger partial charge < -0.3 is 4.65 Å². The minimum Gasteiger partial charge on any atom is -0.426 e. The van der Waals surface area contributed by atoms with Crippen molar-refractivity contribution < 1.29 is 4.65 Å². The largest absolute Gasteiger partial charge is 0.426 e. The molecule has 0 fully saturated rings. The van der Waals surface area contributed by atoms with Gasteiger partial charge in [-0.3, -0.25) is 5.10 Å². The molecule has 0 aromatic carbocycles. The van der Waals surface area contributed by atoms with Gasteiger partial charge in [-0.05, 0) is 24.7 Å². The Morgan fingerprint density at radius 2 is 1.87 bits per heavy atom. The predicted molar refractivity (Wildman–Crippen MR) is 64.5 cm³/mol. The van der Waals surface area contributed by atoms with E-state index in [0.29, 0.717) is 0 Å². The molecular weight excluding hydrogens is 187 g/mol. The fourth-order valence-electron chi connectivity index (χ4n) is 1.17. The van der Waals surface area contributed by atoms with Crippen LogP contribution in [0.3, 0.4) is 0 Å². The van der Waals surface area contributed by atoms with Gasteiger partial charge in [0.2, 0.25) is 0 Å². The average Bonchev–Trinajstić information content (AvgIpc) is 2.51. The second-order valence-corrected chi connectivity index (χ2v) is 5.55. The van der Waals surface area contributed by atoms with Crippen LogP contribution in [-0.4, -0.2) is 22.7 Å². The molecule has 0 spiro atoms. The van der Waals surface area contributed by atoms with E-state index in [2.05, 4.69) is 51.6 Å². The highest BCUT2D eigenvalue weighted by Crippen LogP contribution is 2.33. The third-order valence-electron chi connectivity index (χ3n) is 3.27. The molecule has 0 aliphatic heterocycles. The highest BCUT2D eigenvalue weighted by molar-refractivity contribution is 6.66. The summed E-state index contributed by atoms with van der Waals surface area (Å²) >= 11 is 0. The van der Waals surface area contributed by atoms with Crippen molar-refractivity contribution in [1.82, 2.24) is 10.2 Å². The highest BCUT2D eigenvalue weighted by atomic mass is 16.5. The molecule has 0 unspecified atom stereocenters. The van der Waals surface area contributed by atoms with Gasteiger partial charge in [-0.15, -0.1) is 0 Å². The van der Waals surface area contributed by atoms with Gasteiger partial charge in [-0.1, -0.05) is 27.6 Å². The summed E-state index contributed by atoms with van der Waals surface area (Å²) in [5.74, 6) is 0. The molecule has 15 heavy (non-hydrogen) atoms. The Morgan fingerprint density at radius 3 is 2.27 bits per heavy atom. The molecule has 1 aromatic rings. The molecule has 1 N–H and O–H groups in total. The van der Waals surface area contributed by atoms with Crippen LogP contribution in [0.1, 0.15) is 34.6 Å². The minimum atomic E-state index is -0.163. The van der Waals surface area contributed by atoms with Crippen molar-refractivity contribution in [2.24, 2.45) is 5.41 Å². The number of H-pyrrole nitrogens is 1. The van der Waals surface area contributed by atoms with Gasteiger partial charge in [0.05, 0.1) is 5.60 Å². The maximum absolute atomic E-state index is 6.09. The van der Waals surface area contributed by atoms with Gasteiger partial charge in [-0.25, -0.2) is 0 Å². The molecule has 0 aliphatic carbocycles. The normalized spacial score (nSPS) is 12.9. The van der Waals surface area contributed by atoms with E-state index in [1.807, 2.05) is 12.4 Å². The number of aromatic nitrogens is 2. The van der Waals surface area contributed by atoms with Gasteiger partial charge in [0.15, 0.2) is 0 Å². The summed E-state index contributed by atoms with van der Waals surface area (Å²) in [5, 5.41) is 6.74. The van der Waals surface area contributed by atoms with E-state index in [9.17, 15) is 0 Å². The van der Waals surface area contributed by atoms with Crippen LogP contribution in [0.2, 0.25) is 6.82 Å². The molecule has 3 nitrogen and oxygen atoms in total. The van der Waals surface area contributed by atoms with Crippen LogP contribution in [0.4, 0.5) is 0 Å². The van der Waals surface area contributed by atoms with Crippen molar-refractivity contribution >= 4 is 12.4 Å². The lowest BCUT2D eigenvalue weighted by atomic mass is 9.63. The van der Waals surface area contributed by atoms with E-state index in [-0.39, 0.29) is 17.9 Å². The van der Waals surface area contributed by atoms with Crippen molar-refractivity contribution in [3.05, 3.63) is 12.4 Å². The number of nitrogens with one attached hydrogen (secondary N) is 1. The van der Waals surface area contributed by atoms with Crippen LogP contribution in [0.15, 0.2) is 12.4 Å². The zero-order valence-electron chi connectivity index (χ0n) is 10.6. The Kier molecular flexibility index (Phi) is 3.29. The van der Waals surface area contributed by atoms with Crippen molar-refractivity contribution in [3.8, 4) is 0 Å². The zero-order valence-corrected chi connectivity index (χ0v) is 10.6. The first-order valence-electron chi connectivity index (χ1n) is 5.40. The van der Waals surface area contributed by atoms with E-state index in [1.165, 1.54) is 0 Å². The van der Waals surface area contributed by atoms with Gasteiger partial charge in [0, 0.05) is 12.4 Å². The van der Waals surface area contributed by atoms with Crippen LogP contribution in [0, 0.1) is 5.41 Å². The van der Waals surface area contributed by atoms with Crippen molar-refractivity contribution in [3.63, 3.8) is 0 Å². The van der Waals surface area contributed by atoms with E-state index >= 15 is 0 Å². The Morgan fingerprint density at radius 1 is 1.27 bits per heavy atom. The fraction of sp³-hybridized carbons (Fsp3) is 0.727. The summed E-state index contributed by atoms with van der Waals surface area (Å²) in [6.45, 7) is 12.9. The number of hydrogen-bond donors (Lipinski definition) is 1. The van der Waals surface area contributed by atoms with E-state index in [1.54, 1.807) is 0 Å². The SMILES string of the molecule is CB(OC(C)(C)C(C)(C)C)c1cn[nH]c1. The minimum absolute atomic E-state index is 0.0676. The lowest BCUT2D eigenvalue weighted by Crippen LogP contribution is -2.46. The molecular formula is C11H21BN2O. The van der Waals surface area contributed by atoms with Gasteiger partial charge in [-0.2, -0.15) is 5.10 Å². The summed E-state index contributed by atoms with van der Waals surface area (Å²) in [6.07, 6.45) is 3.69. The second-order valence-electron chi connectivity index (χ2n) is 5.55. The summed E-state index contributed by atoms with van der Waals surface area (Å²) in [6, 6.07) is 0. The fourth-order valence-corrected chi connectivity index (χ4v) is 1.17. The Bertz CT molecular complexity index is 301. The highest BCUT2D eigenvalue weighted by Gasteiger charge is 2.36. The third kappa shape index (κ3) is 2.84. The number of aromatic amines is 1. The molecule has 0 saturated heterocycles. The first kappa shape index (κ1) is 12.3. The lowest BCUT2D eigenvalue weighted by Gasteiger charge is -2.40. The molecule has 0 radical (unpaired) electrons. The number of hydrogen-bond acceptors (Lipinski definition) is 2. The standard InChI is InChI=1S/C11H21BN2O/c1-10(2,3)11(4,5)15-12(6)9-7-13-14-8-9/h7-8H,1-6H3,(H,13,14). The molecule has 0 atom stereocenters. The maximum atomic E-state index is 6.09. The van der Waals surface area contributed by atoms with Crippen LogP contribution in [0.5, 0.6) is 0 Å². The Balaban J connectivity index is 2.70. The van der Waals surface area contributed by atoms with Crippen LogP contribution < -0.4 is 5.46 Å². The number of rotatable bonds is 3. The summed E-state index contributed by atoms with van der Waals surface area (Å²) < 4.78 is 6.09. The molecule has 1 aromatic heterocycles. The average molecular weight is 208 g/mol. The quantitative estimate of drug-likeness (QED) is 0.772. The van der Waals surface area contributed by atoms with E-state index in [0.717, 1.165) is 5.46 Å². The smallest absolute Gasteiger partial charge is 0.327 e. The van der Waals surface area contributed by atoms with Gasteiger partial charge in [0.1, 0.15) is 0 Å². The van der Waals surface area contributed by atoms with E-state index < -0.39 is 0 Å². The predicted octanol–water partition coefficient (Wildman–Crippen LogP) is 2.08. The second kappa shape index (κ2) is 4.01. The van der Waals surface area contributed by atoms with Crippen molar-refractivity contribution in [2.45, 2.75) is 47.0 Å². The molecule has 84 valence electrons. The first-order chi connectivity index (χ1) is 6.74. The monoisotopic (exact) mass is 208 g/mol. The molecule has 0 amide bonds. The van der Waals surface area contributed by atoms with Crippen LogP contribution in [0.25, 0.3) is 0 Å². The third-order valence-corrected chi connectivity index (χ3v) is 3.27. The molecule has 0 aliphatic rings. The molecule has 1 heterocycles. The van der Waals surface area contributed by atoms with Gasteiger partial charge >= 0.3 is 6.92 Å². The van der Waals surface area contributed by atoms with Gasteiger partial charge in [0.25, 0.3) is 0 Å². The Labute approximate surface area is 92.7 Å². The maximum Gasteiger partial charge on any atom is 0.327 e. The van der Waals surface area contributed by atoms with Crippen LogP contribution >= 0.6 is 0 Å². The summed E-state index contributed by atoms with van der Waals surface area (Å²) in [7, 11) is 0. The summed E-state index contributed by atoms with van der Waals surface area (Å²) in [5.41, 5.74) is 1.04. The topological polar surface area (TPSA) is 37.9 Å². The molecule has 0 saturated carbocycles. The van der Waals surface area contributed by atoms with Crippen molar-refractivity contribution in [1.29, 1.82) is 0 Å². The molecule has 0 bridgehead atoms. The Hall–Kier alpha value is -0.765.